The number of carbonyl (C=O) groups excluding carboxylic acids is 1. The molecular weight excluding hydrogens is 252 g/mol. The van der Waals surface area contributed by atoms with E-state index in [1.165, 1.54) is 26.4 Å². The molecule has 0 aliphatic rings. The van der Waals surface area contributed by atoms with Crippen molar-refractivity contribution in [3.8, 4) is 5.75 Å². The van der Waals surface area contributed by atoms with Gasteiger partial charge in [0.1, 0.15) is 11.4 Å². The molecule has 0 atom stereocenters. The lowest BCUT2D eigenvalue weighted by atomic mass is 10.1. The van der Waals surface area contributed by atoms with Crippen molar-refractivity contribution in [3.05, 3.63) is 40.5 Å². The quantitative estimate of drug-likeness (QED) is 0.502. The third-order valence-corrected chi connectivity index (χ3v) is 2.43. The third kappa shape index (κ3) is 3.21. The van der Waals surface area contributed by atoms with Crippen molar-refractivity contribution in [1.29, 1.82) is 0 Å². The van der Waals surface area contributed by atoms with E-state index in [1.54, 1.807) is 6.08 Å². The highest BCUT2D eigenvalue weighted by Crippen LogP contribution is 2.35. The number of ether oxygens (including phenoxy) is 2. The number of rotatable bonds is 5. The third-order valence-electron chi connectivity index (χ3n) is 2.43. The van der Waals surface area contributed by atoms with Crippen LogP contribution in [0.15, 0.2) is 24.8 Å². The number of benzene rings is 1. The van der Waals surface area contributed by atoms with Gasteiger partial charge in [0.2, 0.25) is 0 Å². The molecule has 0 bridgehead atoms. The molecule has 7 heteroatoms. The minimum Gasteiger partial charge on any atom is -0.496 e. The summed E-state index contributed by atoms with van der Waals surface area (Å²) in [5.74, 6) is 0.428. The van der Waals surface area contributed by atoms with Gasteiger partial charge >= 0.3 is 6.09 Å². The Bertz CT molecular complexity index is 513. The van der Waals surface area contributed by atoms with E-state index < -0.39 is 11.0 Å². The molecular formula is C12H14N2O5. The lowest BCUT2D eigenvalue weighted by molar-refractivity contribution is -0.384. The highest BCUT2D eigenvalue weighted by Gasteiger charge is 2.22. The maximum absolute atomic E-state index is 11.3. The van der Waals surface area contributed by atoms with Gasteiger partial charge in [0.25, 0.3) is 5.69 Å². The number of nitro groups is 1. The molecule has 1 amide bonds. The zero-order valence-electron chi connectivity index (χ0n) is 10.6. The van der Waals surface area contributed by atoms with E-state index in [9.17, 15) is 14.9 Å². The Hall–Kier alpha value is -2.57. The largest absolute Gasteiger partial charge is 0.496 e. The number of amides is 1. The van der Waals surface area contributed by atoms with Crippen molar-refractivity contribution in [2.24, 2.45) is 0 Å². The second kappa shape index (κ2) is 6.39. The summed E-state index contributed by atoms with van der Waals surface area (Å²) >= 11 is 0. The molecule has 0 aromatic heterocycles. The first-order valence-corrected chi connectivity index (χ1v) is 5.35. The molecule has 0 aliphatic heterocycles. The van der Waals surface area contributed by atoms with E-state index in [2.05, 4.69) is 16.6 Å². The van der Waals surface area contributed by atoms with Gasteiger partial charge < -0.3 is 9.47 Å². The van der Waals surface area contributed by atoms with Crippen molar-refractivity contribution < 1.29 is 19.2 Å². The molecule has 0 aliphatic carbocycles. The zero-order chi connectivity index (χ0) is 14.4. The second-order valence-electron chi connectivity index (χ2n) is 3.51. The predicted molar refractivity (Wildman–Crippen MR) is 69.6 cm³/mol. The monoisotopic (exact) mass is 266 g/mol. The van der Waals surface area contributed by atoms with Crippen LogP contribution in [-0.4, -0.2) is 25.2 Å². The summed E-state index contributed by atoms with van der Waals surface area (Å²) in [6, 6.07) is 2.73. The normalized spacial score (nSPS) is 9.58. The molecule has 0 unspecified atom stereocenters. The lowest BCUT2D eigenvalue weighted by Gasteiger charge is -2.13. The van der Waals surface area contributed by atoms with Crippen molar-refractivity contribution in [1.82, 2.24) is 0 Å². The molecule has 19 heavy (non-hydrogen) atoms. The molecule has 1 aromatic rings. The minimum atomic E-state index is -0.790. The highest BCUT2D eigenvalue weighted by molar-refractivity contribution is 5.90. The van der Waals surface area contributed by atoms with Crippen molar-refractivity contribution in [2.75, 3.05) is 19.5 Å². The van der Waals surface area contributed by atoms with E-state index in [0.717, 1.165) is 0 Å². The standard InChI is InChI=1S/C12H14N2O5/c1-4-5-8-10(18-2)7-6-9(14(16)17)11(8)13-12(15)19-3/h4,6-7H,1,5H2,2-3H3,(H,13,15). The van der Waals surface area contributed by atoms with Gasteiger partial charge in [-0.25, -0.2) is 4.79 Å². The van der Waals surface area contributed by atoms with E-state index in [-0.39, 0.29) is 11.4 Å². The fourth-order valence-corrected chi connectivity index (χ4v) is 1.60. The first kappa shape index (κ1) is 14.5. The Labute approximate surface area is 110 Å². The Balaban J connectivity index is 3.43. The number of anilines is 1. The smallest absolute Gasteiger partial charge is 0.411 e. The number of carbonyl (C=O) groups is 1. The van der Waals surface area contributed by atoms with Crippen LogP contribution < -0.4 is 10.1 Å². The van der Waals surface area contributed by atoms with Crippen LogP contribution in [0.25, 0.3) is 0 Å². The van der Waals surface area contributed by atoms with Gasteiger partial charge in [0.05, 0.1) is 19.1 Å². The summed E-state index contributed by atoms with van der Waals surface area (Å²) in [7, 11) is 2.62. The predicted octanol–water partition coefficient (Wildman–Crippen LogP) is 2.51. The molecule has 0 heterocycles. The zero-order valence-corrected chi connectivity index (χ0v) is 10.6. The summed E-state index contributed by atoms with van der Waals surface area (Å²) < 4.78 is 9.58. The van der Waals surface area contributed by atoms with Crippen LogP contribution in [0.1, 0.15) is 5.56 Å². The molecule has 102 valence electrons. The molecule has 1 rings (SSSR count). The van der Waals surface area contributed by atoms with Gasteiger partial charge in [-0.2, -0.15) is 0 Å². The molecule has 7 nitrogen and oxygen atoms in total. The molecule has 0 radical (unpaired) electrons. The number of hydrogen-bond acceptors (Lipinski definition) is 5. The van der Waals surface area contributed by atoms with Crippen LogP contribution in [0, 0.1) is 10.1 Å². The minimum absolute atomic E-state index is 0.0519. The average Bonchev–Trinajstić information content (AvgIpc) is 2.39. The maximum Gasteiger partial charge on any atom is 0.411 e. The number of methoxy groups -OCH3 is 2. The van der Waals surface area contributed by atoms with E-state index in [0.29, 0.717) is 17.7 Å². The Morgan fingerprint density at radius 3 is 2.68 bits per heavy atom. The molecule has 0 spiro atoms. The highest BCUT2D eigenvalue weighted by atomic mass is 16.6. The Kier molecular flexibility index (Phi) is 4.87. The van der Waals surface area contributed by atoms with Gasteiger partial charge in [-0.3, -0.25) is 15.4 Å². The van der Waals surface area contributed by atoms with E-state index in [1.807, 2.05) is 0 Å². The van der Waals surface area contributed by atoms with Crippen LogP contribution in [0.4, 0.5) is 16.2 Å². The average molecular weight is 266 g/mol. The topological polar surface area (TPSA) is 90.7 Å². The summed E-state index contributed by atoms with van der Waals surface area (Å²) in [4.78, 5) is 21.7. The summed E-state index contributed by atoms with van der Waals surface area (Å²) in [6.07, 6.45) is 1.08. The molecule has 0 saturated heterocycles. The van der Waals surface area contributed by atoms with E-state index >= 15 is 0 Å². The Morgan fingerprint density at radius 1 is 1.53 bits per heavy atom. The van der Waals surface area contributed by atoms with Crippen LogP contribution in [0.2, 0.25) is 0 Å². The molecule has 1 N–H and O–H groups in total. The van der Waals surface area contributed by atoms with Crippen molar-refractivity contribution in [2.45, 2.75) is 6.42 Å². The summed E-state index contributed by atoms with van der Waals surface area (Å²) in [5.41, 5.74) is 0.288. The van der Waals surface area contributed by atoms with E-state index in [4.69, 9.17) is 4.74 Å². The maximum atomic E-state index is 11.3. The SMILES string of the molecule is C=CCc1c(OC)ccc([N+](=O)[O-])c1NC(=O)OC. The summed E-state index contributed by atoms with van der Waals surface area (Å²) in [6.45, 7) is 3.58. The number of nitro benzene ring substituents is 1. The Morgan fingerprint density at radius 2 is 2.21 bits per heavy atom. The molecule has 0 saturated carbocycles. The van der Waals surface area contributed by atoms with Crippen molar-refractivity contribution in [3.63, 3.8) is 0 Å². The van der Waals surface area contributed by atoms with Crippen LogP contribution in [0.5, 0.6) is 5.75 Å². The van der Waals surface area contributed by atoms with Crippen molar-refractivity contribution >= 4 is 17.5 Å². The van der Waals surface area contributed by atoms with Gasteiger partial charge in [0, 0.05) is 11.6 Å². The van der Waals surface area contributed by atoms with Gasteiger partial charge in [-0.15, -0.1) is 6.58 Å². The summed E-state index contributed by atoms with van der Waals surface area (Å²) in [5, 5.41) is 13.3. The first-order valence-electron chi connectivity index (χ1n) is 5.35. The molecule has 1 aromatic carbocycles. The fourth-order valence-electron chi connectivity index (χ4n) is 1.60. The number of nitrogens with one attached hydrogen (secondary N) is 1. The first-order chi connectivity index (χ1) is 9.04. The second-order valence-corrected chi connectivity index (χ2v) is 3.51. The number of allylic oxidation sites excluding steroid dienone is 1. The van der Waals surface area contributed by atoms with Crippen LogP contribution >= 0.6 is 0 Å². The molecule has 0 fully saturated rings. The number of nitrogens with zero attached hydrogens (tertiary/aromatic N) is 1. The van der Waals surface area contributed by atoms with Gasteiger partial charge in [-0.1, -0.05) is 6.08 Å². The lowest BCUT2D eigenvalue weighted by Crippen LogP contribution is -2.14. The van der Waals surface area contributed by atoms with Gasteiger partial charge in [0.15, 0.2) is 0 Å². The van der Waals surface area contributed by atoms with Crippen LogP contribution in [0.3, 0.4) is 0 Å². The van der Waals surface area contributed by atoms with Gasteiger partial charge in [-0.05, 0) is 12.5 Å². The van der Waals surface area contributed by atoms with Crippen LogP contribution in [-0.2, 0) is 11.2 Å². The number of hydrogen-bond donors (Lipinski definition) is 1. The fraction of sp³-hybridized carbons (Fsp3) is 0.250.